The highest BCUT2D eigenvalue weighted by Crippen LogP contribution is 2.33. The Hall–Kier alpha value is -4.08. The minimum absolute atomic E-state index is 0.122. The quantitative estimate of drug-likeness (QED) is 0.439. The first-order chi connectivity index (χ1) is 15.2. The maximum absolute atomic E-state index is 11.9. The molecule has 0 amide bonds. The van der Waals surface area contributed by atoms with Gasteiger partial charge >= 0.3 is 5.69 Å². The molecule has 2 heterocycles. The lowest BCUT2D eigenvalue weighted by molar-refractivity contribution is -0.383. The normalized spacial score (nSPS) is 13.6. The number of anilines is 4. The summed E-state index contributed by atoms with van der Waals surface area (Å²) in [6.07, 6.45) is 1.34. The van der Waals surface area contributed by atoms with Crippen LogP contribution < -0.4 is 25.4 Å². The number of nitro groups is 1. The number of rotatable bonds is 7. The molecule has 0 spiro atoms. The first kappa shape index (κ1) is 20.2. The van der Waals surface area contributed by atoms with Gasteiger partial charge in [-0.2, -0.15) is 0 Å². The van der Waals surface area contributed by atoms with Crippen LogP contribution in [0.4, 0.5) is 28.7 Å². The van der Waals surface area contributed by atoms with Crippen molar-refractivity contribution in [2.75, 3.05) is 53.9 Å². The Kier molecular flexibility index (Phi) is 5.97. The highest BCUT2D eigenvalue weighted by molar-refractivity contribution is 5.72. The number of nitrogens with one attached hydrogen (secondary N) is 2. The number of hydrazine groups is 1. The van der Waals surface area contributed by atoms with Crippen LogP contribution in [-0.4, -0.2) is 48.2 Å². The van der Waals surface area contributed by atoms with Gasteiger partial charge in [-0.1, -0.05) is 18.2 Å². The molecular formula is C21H23N7O3. The minimum Gasteiger partial charge on any atom is -0.497 e. The molecule has 0 bridgehead atoms. The van der Waals surface area contributed by atoms with E-state index in [-0.39, 0.29) is 11.5 Å². The zero-order chi connectivity index (χ0) is 21.6. The molecule has 0 radical (unpaired) electrons. The van der Waals surface area contributed by atoms with Crippen molar-refractivity contribution in [3.8, 4) is 5.75 Å². The highest BCUT2D eigenvalue weighted by atomic mass is 16.6. The summed E-state index contributed by atoms with van der Waals surface area (Å²) in [6, 6.07) is 17.2. The summed E-state index contributed by atoms with van der Waals surface area (Å²) >= 11 is 0. The van der Waals surface area contributed by atoms with Crippen molar-refractivity contribution in [3.05, 3.63) is 71.0 Å². The van der Waals surface area contributed by atoms with E-state index in [1.807, 2.05) is 59.5 Å². The molecule has 1 aromatic heterocycles. The van der Waals surface area contributed by atoms with Gasteiger partial charge in [0, 0.05) is 31.9 Å². The molecule has 10 nitrogen and oxygen atoms in total. The lowest BCUT2D eigenvalue weighted by Gasteiger charge is -2.36. The number of aromatic nitrogens is 2. The van der Waals surface area contributed by atoms with Gasteiger partial charge in [0.25, 0.3) is 0 Å². The molecular weight excluding hydrogens is 398 g/mol. The Labute approximate surface area is 179 Å². The van der Waals surface area contributed by atoms with Gasteiger partial charge in [0.2, 0.25) is 11.6 Å². The fraction of sp³-hybridized carbons (Fsp3) is 0.238. The Bertz CT molecular complexity index is 1020. The number of nitrogens with zero attached hydrogens (tertiary/aromatic N) is 5. The summed E-state index contributed by atoms with van der Waals surface area (Å²) in [7, 11) is 1.64. The number of methoxy groups -OCH3 is 1. The zero-order valence-electron chi connectivity index (χ0n) is 17.1. The van der Waals surface area contributed by atoms with Crippen LogP contribution in [0.5, 0.6) is 5.75 Å². The van der Waals surface area contributed by atoms with E-state index in [1.165, 1.54) is 6.33 Å². The predicted molar refractivity (Wildman–Crippen MR) is 120 cm³/mol. The third-order valence-electron chi connectivity index (χ3n) is 5.10. The van der Waals surface area contributed by atoms with Gasteiger partial charge in [0.15, 0.2) is 0 Å². The van der Waals surface area contributed by atoms with Gasteiger partial charge in [-0.3, -0.25) is 21.0 Å². The summed E-state index contributed by atoms with van der Waals surface area (Å²) < 4.78 is 5.21. The number of benzene rings is 2. The van der Waals surface area contributed by atoms with Gasteiger partial charge in [-0.15, -0.1) is 0 Å². The lowest BCUT2D eigenvalue weighted by Crippen LogP contribution is -2.47. The number of hydrogen-bond acceptors (Lipinski definition) is 9. The SMILES string of the molecule is COc1ccc(N2CCN(c3ncnc(NNc4ccccc4)c3[N+](=O)[O-])CC2)cc1. The van der Waals surface area contributed by atoms with Crippen molar-refractivity contribution >= 4 is 28.7 Å². The van der Waals surface area contributed by atoms with Crippen molar-refractivity contribution in [2.45, 2.75) is 0 Å². The van der Waals surface area contributed by atoms with Crippen LogP contribution in [0.25, 0.3) is 0 Å². The average Bonchev–Trinajstić information content (AvgIpc) is 2.83. The summed E-state index contributed by atoms with van der Waals surface area (Å²) in [4.78, 5) is 23.9. The number of para-hydroxylation sites is 1. The van der Waals surface area contributed by atoms with Crippen LogP contribution in [0.2, 0.25) is 0 Å². The number of piperazine rings is 1. The molecule has 0 unspecified atom stereocenters. The smallest absolute Gasteiger partial charge is 0.355 e. The molecule has 160 valence electrons. The van der Waals surface area contributed by atoms with Crippen molar-refractivity contribution in [2.24, 2.45) is 0 Å². The summed E-state index contributed by atoms with van der Waals surface area (Å²) in [5.41, 5.74) is 7.50. The van der Waals surface area contributed by atoms with E-state index in [0.29, 0.717) is 18.9 Å². The maximum atomic E-state index is 11.9. The molecule has 1 aliphatic heterocycles. The molecule has 31 heavy (non-hydrogen) atoms. The van der Waals surface area contributed by atoms with Crippen molar-refractivity contribution in [1.29, 1.82) is 0 Å². The fourth-order valence-corrected chi connectivity index (χ4v) is 3.48. The van der Waals surface area contributed by atoms with Gasteiger partial charge in [-0.05, 0) is 36.4 Å². The molecule has 1 saturated heterocycles. The minimum atomic E-state index is -0.444. The topological polar surface area (TPSA) is 109 Å². The second kappa shape index (κ2) is 9.16. The lowest BCUT2D eigenvalue weighted by atomic mass is 10.2. The van der Waals surface area contributed by atoms with Gasteiger partial charge in [0.05, 0.1) is 17.7 Å². The summed E-state index contributed by atoms with van der Waals surface area (Å²) in [5.74, 6) is 1.24. The van der Waals surface area contributed by atoms with E-state index in [4.69, 9.17) is 4.74 Å². The van der Waals surface area contributed by atoms with E-state index >= 15 is 0 Å². The second-order valence-corrected chi connectivity index (χ2v) is 6.94. The average molecular weight is 421 g/mol. The monoisotopic (exact) mass is 421 g/mol. The third-order valence-corrected chi connectivity index (χ3v) is 5.10. The second-order valence-electron chi connectivity index (χ2n) is 6.94. The van der Waals surface area contributed by atoms with Gasteiger partial charge < -0.3 is 14.5 Å². The van der Waals surface area contributed by atoms with E-state index in [2.05, 4.69) is 25.7 Å². The molecule has 0 atom stereocenters. The molecule has 1 aliphatic rings. The molecule has 1 fully saturated rings. The number of ether oxygens (including phenoxy) is 1. The number of hydrogen-bond donors (Lipinski definition) is 2. The van der Waals surface area contributed by atoms with E-state index in [0.717, 1.165) is 30.2 Å². The molecule has 2 N–H and O–H groups in total. The fourth-order valence-electron chi connectivity index (χ4n) is 3.48. The van der Waals surface area contributed by atoms with E-state index < -0.39 is 4.92 Å². The van der Waals surface area contributed by atoms with Crippen molar-refractivity contribution in [1.82, 2.24) is 9.97 Å². The molecule has 0 aliphatic carbocycles. The molecule has 3 aromatic rings. The first-order valence-corrected chi connectivity index (χ1v) is 9.86. The molecule has 0 saturated carbocycles. The predicted octanol–water partition coefficient (Wildman–Crippen LogP) is 3.16. The Morgan fingerprint density at radius 1 is 0.935 bits per heavy atom. The maximum Gasteiger partial charge on any atom is 0.355 e. The first-order valence-electron chi connectivity index (χ1n) is 9.86. The highest BCUT2D eigenvalue weighted by Gasteiger charge is 2.29. The van der Waals surface area contributed by atoms with Crippen molar-refractivity contribution < 1.29 is 9.66 Å². The van der Waals surface area contributed by atoms with Crippen LogP contribution in [0.1, 0.15) is 0 Å². The molecule has 10 heteroatoms. The molecule has 2 aromatic carbocycles. The van der Waals surface area contributed by atoms with Gasteiger partial charge in [0.1, 0.15) is 12.1 Å². The van der Waals surface area contributed by atoms with E-state index in [9.17, 15) is 10.1 Å². The van der Waals surface area contributed by atoms with Crippen LogP contribution in [-0.2, 0) is 0 Å². The van der Waals surface area contributed by atoms with E-state index in [1.54, 1.807) is 7.11 Å². The summed E-state index contributed by atoms with van der Waals surface area (Å²) in [5, 5.41) is 11.9. The van der Waals surface area contributed by atoms with Crippen LogP contribution in [0.3, 0.4) is 0 Å². The Morgan fingerprint density at radius 3 is 2.26 bits per heavy atom. The van der Waals surface area contributed by atoms with Gasteiger partial charge in [-0.25, -0.2) is 9.97 Å². The van der Waals surface area contributed by atoms with Crippen LogP contribution >= 0.6 is 0 Å². The zero-order valence-corrected chi connectivity index (χ0v) is 17.1. The van der Waals surface area contributed by atoms with Crippen LogP contribution in [0, 0.1) is 10.1 Å². The Balaban J connectivity index is 1.48. The largest absolute Gasteiger partial charge is 0.497 e. The standard InChI is InChI=1S/C21H23N7O3/c1-31-18-9-7-17(8-10-18)26-11-13-27(14-12-26)21-19(28(29)30)20(22-15-23-21)25-24-16-5-3-2-4-6-16/h2-10,15,24H,11-14H2,1H3,(H,22,23,25). The van der Waals surface area contributed by atoms with Crippen molar-refractivity contribution in [3.63, 3.8) is 0 Å². The Morgan fingerprint density at radius 2 is 1.61 bits per heavy atom. The summed E-state index contributed by atoms with van der Waals surface area (Å²) in [6.45, 7) is 2.65. The molecule has 4 rings (SSSR count). The van der Waals surface area contributed by atoms with Crippen LogP contribution in [0.15, 0.2) is 60.9 Å². The third kappa shape index (κ3) is 4.58.